The molecule has 0 aromatic heterocycles. The predicted molar refractivity (Wildman–Crippen MR) is 183 cm³/mol. The Morgan fingerprint density at radius 1 is 0.652 bits per heavy atom. The number of carbonyl (C=O) groups is 4. The summed E-state index contributed by atoms with van der Waals surface area (Å²) in [5.41, 5.74) is 9.82. The minimum absolute atomic E-state index is 0.0766. The zero-order chi connectivity index (χ0) is 32.3. The first kappa shape index (κ1) is 31.5. The molecule has 0 bridgehead atoms. The van der Waals surface area contributed by atoms with E-state index >= 15 is 0 Å². The Hall–Kier alpha value is -5.93. The fraction of sp³-hybridized carbons (Fsp3) is 0.0270. The maximum atomic E-state index is 13.4. The Morgan fingerprint density at radius 2 is 1.26 bits per heavy atom. The largest absolute Gasteiger partial charge is 0.366 e. The molecule has 0 atom stereocenters. The monoisotopic (exact) mass is 626 g/mol. The van der Waals surface area contributed by atoms with Gasteiger partial charge in [0.1, 0.15) is 5.70 Å². The van der Waals surface area contributed by atoms with Gasteiger partial charge in [-0.25, -0.2) is 0 Å². The highest BCUT2D eigenvalue weighted by atomic mass is 32.2. The zero-order valence-electron chi connectivity index (χ0n) is 24.6. The van der Waals surface area contributed by atoms with E-state index in [1.54, 1.807) is 78.9 Å². The molecule has 8 nitrogen and oxygen atoms in total. The van der Waals surface area contributed by atoms with Gasteiger partial charge >= 0.3 is 0 Å². The van der Waals surface area contributed by atoms with E-state index in [0.717, 1.165) is 21.6 Å². The molecular formula is C37H30N4O4S. The molecule has 0 unspecified atom stereocenters. The van der Waals surface area contributed by atoms with Crippen LogP contribution in [0.15, 0.2) is 144 Å². The van der Waals surface area contributed by atoms with Crippen molar-refractivity contribution in [3.63, 3.8) is 0 Å². The minimum Gasteiger partial charge on any atom is -0.366 e. The van der Waals surface area contributed by atoms with E-state index in [1.807, 2.05) is 60.7 Å². The lowest BCUT2D eigenvalue weighted by atomic mass is 10.0. The summed E-state index contributed by atoms with van der Waals surface area (Å²) in [7, 11) is 0. The van der Waals surface area contributed by atoms with Crippen LogP contribution in [0.4, 0.5) is 11.4 Å². The summed E-state index contributed by atoms with van der Waals surface area (Å²) < 4.78 is 0. The number of hydrogen-bond donors (Lipinski definition) is 4. The van der Waals surface area contributed by atoms with Gasteiger partial charge in [0.05, 0.1) is 17.0 Å². The molecule has 5 aromatic rings. The van der Waals surface area contributed by atoms with Crippen LogP contribution in [0.5, 0.6) is 0 Å². The van der Waals surface area contributed by atoms with Gasteiger partial charge in [-0.3, -0.25) is 19.2 Å². The maximum Gasteiger partial charge on any atom is 0.272 e. The predicted octanol–water partition coefficient (Wildman–Crippen LogP) is 6.59. The van der Waals surface area contributed by atoms with Crippen molar-refractivity contribution in [3.05, 3.63) is 156 Å². The number of carbonyl (C=O) groups excluding carboxylic acids is 4. The SMILES string of the molecule is NC(=O)c1ccccc1NC(=O)CSc1ccc(NC(=O)/C(=C/c2ccc(-c3ccccc3)cc2)NC(=O)c2ccccc2)cc1. The first-order valence-corrected chi connectivity index (χ1v) is 15.3. The first-order valence-electron chi connectivity index (χ1n) is 14.3. The standard InChI is InChI=1S/C37H30N4O4S/c38-35(43)31-13-7-8-14-32(31)40-34(42)24-46-30-21-19-29(20-22-30)39-37(45)33(41-36(44)28-11-5-2-6-12-28)23-25-15-17-27(18-16-25)26-9-3-1-4-10-26/h1-23H,24H2,(H2,38,43)(H,39,45)(H,40,42)(H,41,44)/b33-23-. The fourth-order valence-electron chi connectivity index (χ4n) is 4.49. The van der Waals surface area contributed by atoms with Gasteiger partial charge in [-0.2, -0.15) is 0 Å². The van der Waals surface area contributed by atoms with E-state index in [2.05, 4.69) is 16.0 Å². The van der Waals surface area contributed by atoms with Crippen LogP contribution in [0, 0.1) is 0 Å². The maximum absolute atomic E-state index is 13.4. The van der Waals surface area contributed by atoms with Crippen molar-refractivity contribution in [1.29, 1.82) is 0 Å². The van der Waals surface area contributed by atoms with Crippen LogP contribution >= 0.6 is 11.8 Å². The molecule has 0 fully saturated rings. The van der Waals surface area contributed by atoms with Crippen LogP contribution in [0.3, 0.4) is 0 Å². The van der Waals surface area contributed by atoms with E-state index in [0.29, 0.717) is 16.9 Å². The highest BCUT2D eigenvalue weighted by Crippen LogP contribution is 2.23. The summed E-state index contributed by atoms with van der Waals surface area (Å²) in [6.45, 7) is 0. The molecule has 9 heteroatoms. The summed E-state index contributed by atoms with van der Waals surface area (Å²) in [6.07, 6.45) is 1.63. The number of thioether (sulfide) groups is 1. The number of amides is 4. The first-order chi connectivity index (χ1) is 22.4. The molecule has 5 rings (SSSR count). The lowest BCUT2D eigenvalue weighted by Gasteiger charge is -2.12. The molecule has 5 N–H and O–H groups in total. The number of benzene rings is 5. The lowest BCUT2D eigenvalue weighted by molar-refractivity contribution is -0.114. The van der Waals surface area contributed by atoms with Crippen molar-refractivity contribution in [2.45, 2.75) is 4.90 Å². The number of primary amides is 1. The molecule has 5 aromatic carbocycles. The van der Waals surface area contributed by atoms with Crippen molar-refractivity contribution in [2.24, 2.45) is 5.73 Å². The molecule has 0 radical (unpaired) electrons. The van der Waals surface area contributed by atoms with Gasteiger partial charge in [0, 0.05) is 16.1 Å². The van der Waals surface area contributed by atoms with E-state index in [9.17, 15) is 19.2 Å². The van der Waals surface area contributed by atoms with Gasteiger partial charge in [-0.1, -0.05) is 84.9 Å². The minimum atomic E-state index is -0.625. The summed E-state index contributed by atoms with van der Waals surface area (Å²) in [5, 5.41) is 8.31. The average molecular weight is 627 g/mol. The van der Waals surface area contributed by atoms with Crippen LogP contribution in [0.1, 0.15) is 26.3 Å². The Balaban J connectivity index is 1.26. The van der Waals surface area contributed by atoms with Gasteiger partial charge in [0.25, 0.3) is 17.7 Å². The second kappa shape index (κ2) is 15.2. The average Bonchev–Trinajstić information content (AvgIpc) is 3.09. The molecular weight excluding hydrogens is 596 g/mol. The van der Waals surface area contributed by atoms with Crippen LogP contribution in [-0.4, -0.2) is 29.4 Å². The third-order valence-electron chi connectivity index (χ3n) is 6.81. The van der Waals surface area contributed by atoms with Crippen LogP contribution < -0.4 is 21.7 Å². The molecule has 0 saturated carbocycles. The van der Waals surface area contributed by atoms with Gasteiger partial charge < -0.3 is 21.7 Å². The normalized spacial score (nSPS) is 10.9. The number of para-hydroxylation sites is 1. The second-order valence-electron chi connectivity index (χ2n) is 10.1. The molecule has 0 aliphatic rings. The topological polar surface area (TPSA) is 130 Å². The molecule has 0 spiro atoms. The van der Waals surface area contributed by atoms with Gasteiger partial charge in [-0.15, -0.1) is 11.8 Å². The quantitative estimate of drug-likeness (QED) is 0.0971. The van der Waals surface area contributed by atoms with Crippen molar-refractivity contribution < 1.29 is 19.2 Å². The van der Waals surface area contributed by atoms with Crippen molar-refractivity contribution in [3.8, 4) is 11.1 Å². The number of nitrogens with one attached hydrogen (secondary N) is 3. The van der Waals surface area contributed by atoms with Crippen molar-refractivity contribution in [1.82, 2.24) is 5.32 Å². The van der Waals surface area contributed by atoms with Crippen LogP contribution in [-0.2, 0) is 9.59 Å². The van der Waals surface area contributed by atoms with E-state index < -0.39 is 17.7 Å². The van der Waals surface area contributed by atoms with Crippen molar-refractivity contribution in [2.75, 3.05) is 16.4 Å². The molecule has 228 valence electrons. The van der Waals surface area contributed by atoms with Crippen LogP contribution in [0.2, 0.25) is 0 Å². The molecule has 0 saturated heterocycles. The Labute approximate surface area is 270 Å². The molecule has 46 heavy (non-hydrogen) atoms. The number of nitrogens with two attached hydrogens (primary N) is 1. The summed E-state index contributed by atoms with van der Waals surface area (Å²) in [5.74, 6) is -1.73. The smallest absolute Gasteiger partial charge is 0.272 e. The molecule has 4 amide bonds. The number of anilines is 2. The summed E-state index contributed by atoms with van der Waals surface area (Å²) in [4.78, 5) is 51.3. The Morgan fingerprint density at radius 3 is 1.93 bits per heavy atom. The Bertz CT molecular complexity index is 1880. The summed E-state index contributed by atoms with van der Waals surface area (Å²) >= 11 is 1.29. The summed E-state index contributed by atoms with van der Waals surface area (Å²) in [6, 6.07) is 39.8. The van der Waals surface area contributed by atoms with E-state index in [1.165, 1.54) is 11.8 Å². The highest BCUT2D eigenvalue weighted by Gasteiger charge is 2.16. The van der Waals surface area contributed by atoms with Gasteiger partial charge in [0.15, 0.2) is 0 Å². The lowest BCUT2D eigenvalue weighted by Crippen LogP contribution is -2.30. The second-order valence-corrected chi connectivity index (χ2v) is 11.1. The third kappa shape index (κ3) is 8.58. The fourth-order valence-corrected chi connectivity index (χ4v) is 5.19. The number of hydrogen-bond acceptors (Lipinski definition) is 5. The highest BCUT2D eigenvalue weighted by molar-refractivity contribution is 8.00. The molecule has 0 heterocycles. The van der Waals surface area contributed by atoms with Crippen molar-refractivity contribution >= 4 is 52.8 Å². The third-order valence-corrected chi connectivity index (χ3v) is 7.82. The Kier molecular flexibility index (Phi) is 10.4. The van der Waals surface area contributed by atoms with E-state index in [4.69, 9.17) is 5.73 Å². The van der Waals surface area contributed by atoms with Gasteiger partial charge in [0.2, 0.25) is 5.91 Å². The molecule has 0 aliphatic carbocycles. The van der Waals surface area contributed by atoms with Gasteiger partial charge in [-0.05, 0) is 71.3 Å². The zero-order valence-corrected chi connectivity index (χ0v) is 25.4. The van der Waals surface area contributed by atoms with Crippen LogP contribution in [0.25, 0.3) is 17.2 Å². The molecule has 0 aliphatic heterocycles. The van der Waals surface area contributed by atoms with E-state index in [-0.39, 0.29) is 22.9 Å². The number of rotatable bonds is 11.